The number of aliphatic hydroxyl groups is 1. The number of carbonyl (C=O) groups is 1. The van der Waals surface area contributed by atoms with Gasteiger partial charge in [-0.05, 0) is 5.24 Å². The molecular weight excluding hydrogens is 279 g/mol. The monoisotopic (exact) mass is 297 g/mol. The van der Waals surface area contributed by atoms with Crippen LogP contribution >= 0.6 is 0 Å². The summed E-state index contributed by atoms with van der Waals surface area (Å²) in [6.45, 7) is 7.60. The molecule has 112 valence electrons. The Morgan fingerprint density at radius 2 is 1.91 bits per heavy atom. The van der Waals surface area contributed by atoms with Gasteiger partial charge in [0.25, 0.3) is 5.88 Å². The molecule has 1 heterocycles. The van der Waals surface area contributed by atoms with Crippen molar-refractivity contribution in [1.29, 1.82) is 0 Å². The summed E-state index contributed by atoms with van der Waals surface area (Å²) in [4.78, 5) is 10.7. The zero-order valence-corrected chi connectivity index (χ0v) is 13.2. The average molecular weight is 297 g/mol. The maximum Gasteiger partial charge on any atom is 0.257 e. The topological polar surface area (TPSA) is 76.4 Å². The molecule has 2 N–H and O–H groups in total. The number of nitrogens with zero attached hydrogens (tertiary/aromatic N) is 2. The van der Waals surface area contributed by atoms with Crippen molar-refractivity contribution in [3.63, 3.8) is 0 Å². The van der Waals surface area contributed by atoms with Crippen molar-refractivity contribution in [3.05, 3.63) is 6.20 Å². The van der Waals surface area contributed by atoms with Crippen molar-refractivity contribution in [2.45, 2.75) is 45.1 Å². The normalized spacial score (nSPS) is 26.0. The lowest BCUT2D eigenvalue weighted by atomic mass is 9.49. The molecule has 1 aliphatic rings. The number of hydrogen-bond donors (Lipinski definition) is 2. The van der Waals surface area contributed by atoms with Crippen LogP contribution in [-0.2, 0) is 10.0 Å². The van der Waals surface area contributed by atoms with Gasteiger partial charge in [0, 0.05) is 10.8 Å². The number of aliphatic hydroxyl groups excluding tert-OH is 1. The van der Waals surface area contributed by atoms with E-state index in [1.807, 2.05) is 27.7 Å². The minimum atomic E-state index is -1.72. The van der Waals surface area contributed by atoms with Crippen molar-refractivity contribution >= 4 is 35.6 Å². The van der Waals surface area contributed by atoms with E-state index < -0.39 is 22.2 Å². The van der Waals surface area contributed by atoms with E-state index in [2.05, 4.69) is 10.4 Å². The van der Waals surface area contributed by atoms with E-state index in [0.717, 1.165) is 4.68 Å². The lowest BCUT2D eigenvalue weighted by Gasteiger charge is -2.60. The average Bonchev–Trinajstić information content (AvgIpc) is 2.78. The number of hydrogen-bond acceptors (Lipinski definition) is 4. The highest BCUT2D eigenvalue weighted by atomic mass is 16.5. The van der Waals surface area contributed by atoms with Gasteiger partial charge in [0.05, 0.1) is 35.8 Å². The number of nitrogens with one attached hydrogen (secondary N) is 1. The fourth-order valence-corrected chi connectivity index (χ4v) is 3.33. The second-order valence-electron chi connectivity index (χ2n) is 6.99. The van der Waals surface area contributed by atoms with Crippen LogP contribution in [0.5, 0.6) is 5.88 Å². The maximum atomic E-state index is 10.7. The van der Waals surface area contributed by atoms with E-state index in [1.54, 1.807) is 0 Å². The Kier molecular flexibility index (Phi) is 3.92. The molecule has 0 saturated heterocycles. The Morgan fingerprint density at radius 1 is 1.36 bits per heavy atom. The number of carbonyl (C=O) groups excluding carboxylic acids is 1. The smallest absolute Gasteiger partial charge is 0.257 e. The van der Waals surface area contributed by atoms with E-state index in [0.29, 0.717) is 12.1 Å². The highest BCUT2D eigenvalue weighted by molar-refractivity contribution is 6.56. The summed E-state index contributed by atoms with van der Waals surface area (Å²) in [5, 5.41) is 15.1. The lowest BCUT2D eigenvalue weighted by molar-refractivity contribution is -0.237. The molecule has 0 spiro atoms. The van der Waals surface area contributed by atoms with Gasteiger partial charge >= 0.3 is 0 Å². The minimum absolute atomic E-state index is 0.149. The molecule has 1 aromatic rings. The molecule has 1 amide bonds. The third-order valence-electron chi connectivity index (χ3n) is 4.28. The Morgan fingerprint density at radius 3 is 2.36 bits per heavy atom. The van der Waals surface area contributed by atoms with E-state index in [9.17, 15) is 9.90 Å². The van der Waals surface area contributed by atoms with Crippen LogP contribution in [0, 0.1) is 10.8 Å². The van der Waals surface area contributed by atoms with Crippen LogP contribution < -0.4 is 10.1 Å². The zero-order valence-electron chi connectivity index (χ0n) is 13.2. The summed E-state index contributed by atoms with van der Waals surface area (Å²) in [7, 11) is 16.8. The van der Waals surface area contributed by atoms with Gasteiger partial charge in [-0.15, -0.1) is 5.10 Å². The summed E-state index contributed by atoms with van der Waals surface area (Å²) < 4.78 is 7.03. The molecule has 0 aliphatic heterocycles. The number of amides is 1. The summed E-state index contributed by atoms with van der Waals surface area (Å²) >= 11 is 0. The molecule has 0 unspecified atom stereocenters. The summed E-state index contributed by atoms with van der Waals surface area (Å²) in [5.74, 6) is 0.149. The van der Waals surface area contributed by atoms with Gasteiger partial charge in [-0.3, -0.25) is 9.48 Å². The molecule has 1 fully saturated rings. The van der Waals surface area contributed by atoms with Crippen molar-refractivity contribution in [1.82, 2.24) is 9.78 Å². The molecular formula is C13H18B3N3O3. The second kappa shape index (κ2) is 5.08. The van der Waals surface area contributed by atoms with Crippen LogP contribution in [0.3, 0.4) is 0 Å². The fraction of sp³-hybridized carbons (Fsp3) is 0.692. The molecule has 9 heteroatoms. The molecule has 1 aliphatic carbocycles. The molecule has 6 nitrogen and oxygen atoms in total. The number of rotatable bonds is 5. The first-order valence-electron chi connectivity index (χ1n) is 6.94. The molecule has 6 radical (unpaired) electrons. The van der Waals surface area contributed by atoms with Crippen molar-refractivity contribution in [2.24, 2.45) is 10.8 Å². The van der Waals surface area contributed by atoms with E-state index in [-0.39, 0.29) is 12.0 Å². The first-order valence-corrected chi connectivity index (χ1v) is 6.94. The standard InChI is InChI=1S/C13H18B3N3O3/c1-11(2)9(21)12(3,4)10(11)22-8-7(17-6-20)5-19(18-8)13(14,15)16/h5-6,9-10,21H,1-4H3,(H,17,20). The largest absolute Gasteiger partial charge is 0.470 e. The van der Waals surface area contributed by atoms with E-state index in [1.165, 1.54) is 6.20 Å². The van der Waals surface area contributed by atoms with Crippen LogP contribution in [0.25, 0.3) is 0 Å². The van der Waals surface area contributed by atoms with Gasteiger partial charge in [0.15, 0.2) is 0 Å². The minimum Gasteiger partial charge on any atom is -0.470 e. The highest BCUT2D eigenvalue weighted by Crippen LogP contribution is 2.55. The van der Waals surface area contributed by atoms with Gasteiger partial charge < -0.3 is 15.2 Å². The van der Waals surface area contributed by atoms with Crippen LogP contribution in [-0.4, -0.2) is 57.0 Å². The number of aromatic nitrogens is 2. The Hall–Kier alpha value is -1.37. The third-order valence-corrected chi connectivity index (χ3v) is 4.28. The maximum absolute atomic E-state index is 10.7. The molecule has 1 aromatic heterocycles. The van der Waals surface area contributed by atoms with Gasteiger partial charge in [0.1, 0.15) is 11.8 Å². The van der Waals surface area contributed by atoms with Crippen LogP contribution in [0.2, 0.25) is 0 Å². The number of ether oxygens (including phenoxy) is 1. The number of anilines is 1. The van der Waals surface area contributed by atoms with Crippen LogP contribution in [0.4, 0.5) is 5.69 Å². The Bertz CT molecular complexity index is 565. The van der Waals surface area contributed by atoms with Crippen LogP contribution in [0.15, 0.2) is 6.20 Å². The summed E-state index contributed by atoms with van der Waals surface area (Å²) in [5.41, 5.74) is -0.623. The molecule has 0 bridgehead atoms. The summed E-state index contributed by atoms with van der Waals surface area (Å²) in [6.07, 6.45) is 1.05. The van der Waals surface area contributed by atoms with Gasteiger partial charge in [-0.2, -0.15) is 0 Å². The predicted octanol–water partition coefficient (Wildman–Crippen LogP) is -0.301. The van der Waals surface area contributed by atoms with Crippen molar-refractivity contribution < 1.29 is 14.6 Å². The second-order valence-corrected chi connectivity index (χ2v) is 6.99. The molecule has 0 atom stereocenters. The SMILES string of the molecule is [B]C([B])([B])n1cc(NC=O)c(OC2C(C)(C)C(O)C2(C)C)n1. The molecule has 2 rings (SSSR count). The van der Waals surface area contributed by atoms with Gasteiger partial charge in [-0.1, -0.05) is 27.7 Å². The summed E-state index contributed by atoms with van der Waals surface area (Å²) in [6, 6.07) is 0. The van der Waals surface area contributed by atoms with E-state index >= 15 is 0 Å². The Balaban J connectivity index is 2.33. The Labute approximate surface area is 134 Å². The first kappa shape index (κ1) is 17.0. The van der Waals surface area contributed by atoms with E-state index in [4.69, 9.17) is 28.3 Å². The predicted molar refractivity (Wildman–Crippen MR) is 85.1 cm³/mol. The van der Waals surface area contributed by atoms with Crippen LogP contribution in [0.1, 0.15) is 27.7 Å². The van der Waals surface area contributed by atoms with Gasteiger partial charge in [0.2, 0.25) is 6.41 Å². The molecule has 0 aromatic carbocycles. The third kappa shape index (κ3) is 2.55. The fourth-order valence-electron chi connectivity index (χ4n) is 3.33. The van der Waals surface area contributed by atoms with Crippen molar-refractivity contribution in [2.75, 3.05) is 5.32 Å². The highest BCUT2D eigenvalue weighted by Gasteiger charge is 2.63. The quantitative estimate of drug-likeness (QED) is 0.578. The lowest BCUT2D eigenvalue weighted by Crippen LogP contribution is -2.69. The molecule has 22 heavy (non-hydrogen) atoms. The zero-order chi connectivity index (χ0) is 16.9. The first-order chi connectivity index (χ1) is 9.92. The van der Waals surface area contributed by atoms with Crippen molar-refractivity contribution in [3.8, 4) is 5.88 Å². The van der Waals surface area contributed by atoms with Gasteiger partial charge in [-0.25, -0.2) is 0 Å². The molecule has 1 saturated carbocycles.